The molecule has 2 aromatic rings. The Labute approximate surface area is 240 Å². The number of thiocarbonyl (C=S) groups is 1. The molecule has 10 heteroatoms. The summed E-state index contributed by atoms with van der Waals surface area (Å²) in [5.41, 5.74) is 2.51. The molecule has 2 aromatic carbocycles. The van der Waals surface area contributed by atoms with E-state index in [0.29, 0.717) is 33.5 Å². The first-order valence-electron chi connectivity index (χ1n) is 11.5. The predicted octanol–water partition coefficient (Wildman–Crippen LogP) is 6.60. The third kappa shape index (κ3) is 7.62. The Morgan fingerprint density at radius 3 is 2.54 bits per heavy atom. The summed E-state index contributed by atoms with van der Waals surface area (Å²) in [6, 6.07) is 16.9. The second kappa shape index (κ2) is 12.5. The standard InChI is InChI=1S/C27H23Cl3N2O3S2/c28-27(29,30)25(31-23(33)20-9-5-2-6-10-20)35-21-13-11-19(12-14-21)17-22-24(34)32(26(36)37-22)16-15-18-7-3-1-4-8-18/h1-5,7-9,11-14,17,25H,6,10,15-16H2,(H,31,33)/b22-17-/t25-/m1/s1. The summed E-state index contributed by atoms with van der Waals surface area (Å²) in [5.74, 6) is -0.0783. The quantitative estimate of drug-likeness (QED) is 0.162. The zero-order valence-electron chi connectivity index (χ0n) is 19.5. The van der Waals surface area contributed by atoms with Crippen LogP contribution < -0.4 is 10.1 Å². The molecule has 1 aliphatic heterocycles. The molecule has 2 aliphatic rings. The smallest absolute Gasteiger partial charge is 0.266 e. The van der Waals surface area contributed by atoms with Crippen molar-refractivity contribution in [3.63, 3.8) is 0 Å². The highest BCUT2D eigenvalue weighted by atomic mass is 35.6. The number of rotatable bonds is 8. The summed E-state index contributed by atoms with van der Waals surface area (Å²) in [6.45, 7) is 0.524. The van der Waals surface area contributed by atoms with E-state index in [2.05, 4.69) is 5.32 Å². The number of thioether (sulfide) groups is 1. The van der Waals surface area contributed by atoms with Gasteiger partial charge in [-0.1, -0.05) is 119 Å². The van der Waals surface area contributed by atoms with Crippen LogP contribution in [0.15, 0.2) is 83.3 Å². The van der Waals surface area contributed by atoms with E-state index < -0.39 is 10.0 Å². The first kappa shape index (κ1) is 27.7. The van der Waals surface area contributed by atoms with E-state index >= 15 is 0 Å². The molecule has 0 spiro atoms. The van der Waals surface area contributed by atoms with Gasteiger partial charge in [0.15, 0.2) is 0 Å². The molecule has 2 amide bonds. The first-order chi connectivity index (χ1) is 17.7. The van der Waals surface area contributed by atoms with Crippen LogP contribution in [0.3, 0.4) is 0 Å². The number of carbonyl (C=O) groups excluding carboxylic acids is 2. The molecule has 1 heterocycles. The lowest BCUT2D eigenvalue weighted by Crippen LogP contribution is -2.48. The van der Waals surface area contributed by atoms with Crippen LogP contribution in [0.1, 0.15) is 24.0 Å². The van der Waals surface area contributed by atoms with Crippen LogP contribution >= 0.6 is 58.8 Å². The maximum Gasteiger partial charge on any atom is 0.266 e. The molecule has 1 aliphatic carbocycles. The summed E-state index contributed by atoms with van der Waals surface area (Å²) in [5, 5.41) is 2.65. The van der Waals surface area contributed by atoms with E-state index in [1.807, 2.05) is 42.5 Å². The summed E-state index contributed by atoms with van der Waals surface area (Å²) in [4.78, 5) is 27.7. The molecule has 0 saturated carbocycles. The van der Waals surface area contributed by atoms with Gasteiger partial charge >= 0.3 is 0 Å². The van der Waals surface area contributed by atoms with Crippen LogP contribution in [0.2, 0.25) is 0 Å². The van der Waals surface area contributed by atoms with Crippen molar-refractivity contribution in [2.75, 3.05) is 6.54 Å². The molecule has 0 bridgehead atoms. The lowest BCUT2D eigenvalue weighted by molar-refractivity contribution is -0.122. The molecular formula is C27H23Cl3N2O3S2. The Hall–Kier alpha value is -2.29. The molecular weight excluding hydrogens is 571 g/mol. The average molecular weight is 594 g/mol. The van der Waals surface area contributed by atoms with Gasteiger partial charge in [-0.25, -0.2) is 0 Å². The van der Waals surface area contributed by atoms with Crippen molar-refractivity contribution in [1.82, 2.24) is 10.2 Å². The molecule has 1 fully saturated rings. The van der Waals surface area contributed by atoms with Crippen LogP contribution in [-0.2, 0) is 16.0 Å². The molecule has 5 nitrogen and oxygen atoms in total. The molecule has 37 heavy (non-hydrogen) atoms. The second-order valence-electron chi connectivity index (χ2n) is 8.31. The van der Waals surface area contributed by atoms with E-state index in [4.69, 9.17) is 51.8 Å². The topological polar surface area (TPSA) is 58.6 Å². The Morgan fingerprint density at radius 1 is 1.16 bits per heavy atom. The van der Waals surface area contributed by atoms with Crippen molar-refractivity contribution < 1.29 is 14.3 Å². The monoisotopic (exact) mass is 592 g/mol. The lowest BCUT2D eigenvalue weighted by atomic mass is 10.0. The van der Waals surface area contributed by atoms with Gasteiger partial charge < -0.3 is 10.1 Å². The van der Waals surface area contributed by atoms with Crippen LogP contribution in [0.5, 0.6) is 5.75 Å². The SMILES string of the molecule is O=C(N[C@H](Oc1ccc(/C=C2\SC(=S)N(CCc3ccccc3)C2=O)cc1)C(Cl)(Cl)Cl)C1=CC=CCC1. The van der Waals surface area contributed by atoms with Gasteiger partial charge in [0.25, 0.3) is 5.91 Å². The van der Waals surface area contributed by atoms with E-state index in [-0.39, 0.29) is 11.8 Å². The predicted molar refractivity (Wildman–Crippen MR) is 156 cm³/mol. The van der Waals surface area contributed by atoms with E-state index in [0.717, 1.165) is 24.0 Å². The highest BCUT2D eigenvalue weighted by molar-refractivity contribution is 8.26. The normalized spacial score (nSPS) is 17.6. The van der Waals surface area contributed by atoms with Gasteiger partial charge in [0.2, 0.25) is 15.9 Å². The maximum absolute atomic E-state index is 12.9. The van der Waals surface area contributed by atoms with Crippen molar-refractivity contribution in [1.29, 1.82) is 0 Å². The number of hydrogen-bond donors (Lipinski definition) is 1. The van der Waals surface area contributed by atoms with Gasteiger partial charge in [0, 0.05) is 12.1 Å². The van der Waals surface area contributed by atoms with E-state index in [1.54, 1.807) is 41.3 Å². The third-order valence-electron chi connectivity index (χ3n) is 5.64. The van der Waals surface area contributed by atoms with Crippen molar-refractivity contribution in [2.24, 2.45) is 0 Å². The number of alkyl halides is 3. The van der Waals surface area contributed by atoms with Crippen LogP contribution in [0.4, 0.5) is 0 Å². The van der Waals surface area contributed by atoms with Gasteiger partial charge in [-0.05, 0) is 48.6 Å². The largest absolute Gasteiger partial charge is 0.466 e. The van der Waals surface area contributed by atoms with Crippen molar-refractivity contribution >= 4 is 81.0 Å². The third-order valence-corrected chi connectivity index (χ3v) is 7.61. The van der Waals surface area contributed by atoms with Crippen LogP contribution in [0, 0.1) is 0 Å². The minimum atomic E-state index is -1.90. The minimum Gasteiger partial charge on any atom is -0.466 e. The summed E-state index contributed by atoms with van der Waals surface area (Å²) >= 11 is 24.9. The fourth-order valence-electron chi connectivity index (χ4n) is 3.69. The Morgan fingerprint density at radius 2 is 1.89 bits per heavy atom. The van der Waals surface area contributed by atoms with Gasteiger partial charge in [-0.3, -0.25) is 14.5 Å². The zero-order chi connectivity index (χ0) is 26.4. The maximum atomic E-state index is 12.9. The molecule has 4 rings (SSSR count). The number of ether oxygens (including phenoxy) is 1. The molecule has 0 radical (unpaired) electrons. The van der Waals surface area contributed by atoms with Gasteiger partial charge in [0.05, 0.1) is 4.91 Å². The number of nitrogens with one attached hydrogen (secondary N) is 1. The van der Waals surface area contributed by atoms with Gasteiger partial charge in [0.1, 0.15) is 10.1 Å². The number of hydrogen-bond acceptors (Lipinski definition) is 5. The fourth-order valence-corrected chi connectivity index (χ4v) is 5.30. The summed E-state index contributed by atoms with van der Waals surface area (Å²) in [6.07, 6.45) is 8.19. The number of benzene rings is 2. The molecule has 1 atom stereocenters. The Bertz CT molecular complexity index is 1260. The van der Waals surface area contributed by atoms with E-state index in [9.17, 15) is 9.59 Å². The molecule has 192 valence electrons. The Kier molecular flexibility index (Phi) is 9.37. The van der Waals surface area contributed by atoms with E-state index in [1.165, 1.54) is 11.8 Å². The van der Waals surface area contributed by atoms with Crippen molar-refractivity contribution in [3.8, 4) is 5.75 Å². The summed E-state index contributed by atoms with van der Waals surface area (Å²) < 4.78 is 4.44. The highest BCUT2D eigenvalue weighted by Gasteiger charge is 2.37. The first-order valence-corrected chi connectivity index (χ1v) is 13.9. The average Bonchev–Trinajstić information content (AvgIpc) is 3.15. The van der Waals surface area contributed by atoms with Crippen molar-refractivity contribution in [2.45, 2.75) is 29.3 Å². The van der Waals surface area contributed by atoms with Crippen LogP contribution in [-0.4, -0.2) is 37.6 Å². The number of nitrogens with zero attached hydrogens (tertiary/aromatic N) is 1. The number of halogens is 3. The van der Waals surface area contributed by atoms with Gasteiger partial charge in [-0.2, -0.15) is 0 Å². The Balaban J connectivity index is 1.39. The molecule has 0 unspecified atom stereocenters. The molecule has 1 N–H and O–H groups in total. The second-order valence-corrected chi connectivity index (χ2v) is 12.4. The fraction of sp³-hybridized carbons (Fsp3) is 0.222. The number of allylic oxidation sites excluding steroid dienone is 3. The van der Waals surface area contributed by atoms with Crippen molar-refractivity contribution in [3.05, 3.63) is 94.4 Å². The molecule has 0 aromatic heterocycles. The van der Waals surface area contributed by atoms with Gasteiger partial charge in [-0.15, -0.1) is 0 Å². The lowest BCUT2D eigenvalue weighted by Gasteiger charge is -2.27. The van der Waals surface area contributed by atoms with Crippen LogP contribution in [0.25, 0.3) is 6.08 Å². The molecule has 1 saturated heterocycles. The highest BCUT2D eigenvalue weighted by Crippen LogP contribution is 2.34. The minimum absolute atomic E-state index is 0.114. The number of carbonyl (C=O) groups is 2. The zero-order valence-corrected chi connectivity index (χ0v) is 23.4. The summed E-state index contributed by atoms with van der Waals surface area (Å²) in [7, 11) is 0. The number of amides is 2.